The van der Waals surface area contributed by atoms with E-state index >= 15 is 0 Å². The van der Waals surface area contributed by atoms with Crippen molar-refractivity contribution in [3.8, 4) is 0 Å². The fourth-order valence-electron chi connectivity index (χ4n) is 4.74. The third-order valence-corrected chi connectivity index (χ3v) is 6.32. The van der Waals surface area contributed by atoms with Crippen LogP contribution in [0.1, 0.15) is 68.8 Å². The fourth-order valence-corrected chi connectivity index (χ4v) is 4.74. The second-order valence-corrected chi connectivity index (χ2v) is 9.56. The van der Waals surface area contributed by atoms with E-state index in [4.69, 9.17) is 4.74 Å². The lowest BCUT2D eigenvalue weighted by molar-refractivity contribution is 0.00472. The molecule has 2 bridgehead atoms. The van der Waals surface area contributed by atoms with Crippen LogP contribution in [0.3, 0.4) is 0 Å². The molecule has 2 saturated heterocycles. The molecule has 0 aliphatic carbocycles. The van der Waals surface area contributed by atoms with E-state index in [1.807, 2.05) is 46.1 Å². The van der Waals surface area contributed by atoms with Crippen LogP contribution in [-0.4, -0.2) is 38.6 Å². The van der Waals surface area contributed by atoms with E-state index in [0.717, 1.165) is 24.8 Å². The highest BCUT2D eigenvalue weighted by Gasteiger charge is 2.44. The third-order valence-electron chi connectivity index (χ3n) is 6.32. The highest BCUT2D eigenvalue weighted by molar-refractivity contribution is 5.97. The number of carbonyl (C=O) groups excluding carboxylic acids is 2. The molecule has 0 spiro atoms. The minimum atomic E-state index is -0.250. The molecule has 3 heterocycles. The Labute approximate surface area is 178 Å². The monoisotopic (exact) mass is 409 g/mol. The molecule has 1 aromatic heterocycles. The van der Waals surface area contributed by atoms with Gasteiger partial charge in [-0.05, 0) is 58.4 Å². The number of ether oxygens (including phenoxy) is 1. The van der Waals surface area contributed by atoms with Crippen LogP contribution >= 0.6 is 0 Å². The minimum absolute atomic E-state index is 0.0592. The lowest BCUT2D eigenvalue weighted by atomic mass is 9.76. The maximum Gasteiger partial charge on any atom is 0.410 e. The summed E-state index contributed by atoms with van der Waals surface area (Å²) in [6.07, 6.45) is 7.67. The Morgan fingerprint density at radius 1 is 1.10 bits per heavy atom. The van der Waals surface area contributed by atoms with Crippen LogP contribution in [0.15, 0.2) is 42.7 Å². The molecule has 2 aromatic rings. The molecule has 160 valence electrons. The largest absolute Gasteiger partial charge is 0.445 e. The SMILES string of the molecule is CC(C)(C)n1cc(C(=O)C2CC3CCCC(C2)N3C(=O)OCc2ccccc2)cn1. The first-order valence-electron chi connectivity index (χ1n) is 10.9. The number of amides is 1. The number of fused-ring (bicyclic) bond motifs is 2. The molecule has 2 aliphatic rings. The smallest absolute Gasteiger partial charge is 0.410 e. The molecule has 1 amide bonds. The van der Waals surface area contributed by atoms with Gasteiger partial charge in [-0.25, -0.2) is 4.79 Å². The molecule has 0 saturated carbocycles. The van der Waals surface area contributed by atoms with Crippen molar-refractivity contribution in [2.24, 2.45) is 5.92 Å². The van der Waals surface area contributed by atoms with Gasteiger partial charge in [-0.15, -0.1) is 0 Å². The second kappa shape index (κ2) is 8.25. The number of hydrogen-bond acceptors (Lipinski definition) is 4. The zero-order valence-electron chi connectivity index (χ0n) is 18.1. The average molecular weight is 410 g/mol. The summed E-state index contributed by atoms with van der Waals surface area (Å²) in [6, 6.07) is 9.89. The summed E-state index contributed by atoms with van der Waals surface area (Å²) in [5, 5.41) is 4.38. The van der Waals surface area contributed by atoms with E-state index in [-0.39, 0.29) is 42.0 Å². The number of nitrogens with zero attached hydrogens (tertiary/aromatic N) is 3. The topological polar surface area (TPSA) is 64.4 Å². The Morgan fingerprint density at radius 3 is 2.37 bits per heavy atom. The highest BCUT2D eigenvalue weighted by atomic mass is 16.6. The molecule has 2 unspecified atom stereocenters. The Hall–Kier alpha value is -2.63. The lowest BCUT2D eigenvalue weighted by Gasteiger charge is -2.47. The molecule has 0 N–H and O–H groups in total. The zero-order valence-corrected chi connectivity index (χ0v) is 18.1. The van der Waals surface area contributed by atoms with Crippen molar-refractivity contribution in [3.63, 3.8) is 0 Å². The molecule has 2 fully saturated rings. The van der Waals surface area contributed by atoms with Crippen LogP contribution in [0.2, 0.25) is 0 Å². The normalized spacial score (nSPS) is 23.8. The molecule has 1 aromatic carbocycles. The van der Waals surface area contributed by atoms with Gasteiger partial charge < -0.3 is 9.64 Å². The number of hydrogen-bond donors (Lipinski definition) is 0. The molecule has 4 rings (SSSR count). The number of Topliss-reactive ketones (excluding diaryl/α,β-unsaturated/α-hetero) is 1. The molecular formula is C24H31N3O3. The van der Waals surface area contributed by atoms with Crippen LogP contribution in [0, 0.1) is 5.92 Å². The van der Waals surface area contributed by atoms with Crippen molar-refractivity contribution in [2.75, 3.05) is 0 Å². The van der Waals surface area contributed by atoms with Crippen LogP contribution in [0.25, 0.3) is 0 Å². The minimum Gasteiger partial charge on any atom is -0.445 e. The molecule has 2 aliphatic heterocycles. The fraction of sp³-hybridized carbons (Fsp3) is 0.542. The van der Waals surface area contributed by atoms with Crippen LogP contribution in [0.5, 0.6) is 0 Å². The highest BCUT2D eigenvalue weighted by Crippen LogP contribution is 2.39. The second-order valence-electron chi connectivity index (χ2n) is 9.56. The number of piperidine rings is 2. The number of rotatable bonds is 4. The maximum absolute atomic E-state index is 13.2. The van der Waals surface area contributed by atoms with Crippen molar-refractivity contribution >= 4 is 11.9 Å². The van der Waals surface area contributed by atoms with Gasteiger partial charge in [-0.3, -0.25) is 9.48 Å². The molecule has 0 radical (unpaired) electrons. The predicted octanol–water partition coefficient (Wildman–Crippen LogP) is 4.79. The molecule has 2 atom stereocenters. The standard InChI is InChI=1S/C24H31N3O3/c1-24(2,3)26-15-19(14-25-26)22(28)18-12-20-10-7-11-21(13-18)27(20)23(29)30-16-17-8-5-4-6-9-17/h4-6,8-9,14-15,18,20-21H,7,10-13,16H2,1-3H3. The van der Waals surface area contributed by atoms with Crippen LogP contribution < -0.4 is 0 Å². The van der Waals surface area contributed by atoms with E-state index in [1.54, 1.807) is 6.20 Å². The van der Waals surface area contributed by atoms with Crippen molar-refractivity contribution in [3.05, 3.63) is 53.9 Å². The Balaban J connectivity index is 1.42. The van der Waals surface area contributed by atoms with E-state index in [1.165, 1.54) is 0 Å². The third kappa shape index (κ3) is 4.27. The van der Waals surface area contributed by atoms with Gasteiger partial charge in [0.05, 0.1) is 17.3 Å². The molecule has 6 nitrogen and oxygen atoms in total. The van der Waals surface area contributed by atoms with Gasteiger partial charge >= 0.3 is 6.09 Å². The van der Waals surface area contributed by atoms with Crippen molar-refractivity contribution in [1.82, 2.24) is 14.7 Å². The summed E-state index contributed by atoms with van der Waals surface area (Å²) in [5.74, 6) is 0.0933. The van der Waals surface area contributed by atoms with E-state index in [2.05, 4.69) is 25.9 Å². The quantitative estimate of drug-likeness (QED) is 0.681. The number of benzene rings is 1. The Morgan fingerprint density at radius 2 is 1.77 bits per heavy atom. The molecule has 6 heteroatoms. The summed E-state index contributed by atoms with van der Waals surface area (Å²) < 4.78 is 7.46. The van der Waals surface area contributed by atoms with E-state index in [0.29, 0.717) is 18.4 Å². The molecular weight excluding hydrogens is 378 g/mol. The van der Waals surface area contributed by atoms with Crippen LogP contribution in [-0.2, 0) is 16.9 Å². The van der Waals surface area contributed by atoms with E-state index in [9.17, 15) is 9.59 Å². The number of carbonyl (C=O) groups is 2. The first kappa shape index (κ1) is 20.6. The van der Waals surface area contributed by atoms with Crippen molar-refractivity contribution in [2.45, 2.75) is 77.1 Å². The summed E-state index contributed by atoms with van der Waals surface area (Å²) >= 11 is 0. The van der Waals surface area contributed by atoms with Gasteiger partial charge in [0.2, 0.25) is 0 Å². The van der Waals surface area contributed by atoms with Gasteiger partial charge in [0.15, 0.2) is 5.78 Å². The maximum atomic E-state index is 13.2. The summed E-state index contributed by atoms with van der Waals surface area (Å²) in [6.45, 7) is 6.48. The first-order valence-corrected chi connectivity index (χ1v) is 10.9. The lowest BCUT2D eigenvalue weighted by Crippen LogP contribution is -2.55. The van der Waals surface area contributed by atoms with Gasteiger partial charge in [-0.2, -0.15) is 5.10 Å². The van der Waals surface area contributed by atoms with Crippen molar-refractivity contribution < 1.29 is 14.3 Å². The predicted molar refractivity (Wildman–Crippen MR) is 114 cm³/mol. The Kier molecular flexibility index (Phi) is 5.67. The summed E-state index contributed by atoms with van der Waals surface area (Å²) in [5.41, 5.74) is 1.51. The number of aromatic nitrogens is 2. The van der Waals surface area contributed by atoms with Gasteiger partial charge in [-0.1, -0.05) is 30.3 Å². The molecule has 30 heavy (non-hydrogen) atoms. The van der Waals surface area contributed by atoms with E-state index < -0.39 is 0 Å². The summed E-state index contributed by atoms with van der Waals surface area (Å²) in [4.78, 5) is 27.9. The summed E-state index contributed by atoms with van der Waals surface area (Å²) in [7, 11) is 0. The van der Waals surface area contributed by atoms with Crippen molar-refractivity contribution in [1.29, 1.82) is 0 Å². The zero-order chi connectivity index (χ0) is 21.3. The van der Waals surface area contributed by atoms with Gasteiger partial charge in [0, 0.05) is 24.2 Å². The average Bonchev–Trinajstić information content (AvgIpc) is 3.22. The first-order chi connectivity index (χ1) is 14.3. The van der Waals surface area contributed by atoms with Gasteiger partial charge in [0.1, 0.15) is 6.61 Å². The number of ketones is 1. The van der Waals surface area contributed by atoms with Gasteiger partial charge in [0.25, 0.3) is 0 Å². The van der Waals surface area contributed by atoms with Crippen LogP contribution in [0.4, 0.5) is 4.79 Å². The Bertz CT molecular complexity index is 886.